The molecule has 5 heteroatoms. The molecule has 0 spiro atoms. The van der Waals surface area contributed by atoms with Crippen molar-refractivity contribution in [1.29, 1.82) is 0 Å². The molecule has 100 valence electrons. The van der Waals surface area contributed by atoms with Gasteiger partial charge in [-0.3, -0.25) is 0 Å². The van der Waals surface area contributed by atoms with E-state index in [1.807, 2.05) is 0 Å². The Balaban J connectivity index is 2.14. The van der Waals surface area contributed by atoms with Gasteiger partial charge in [-0.2, -0.15) is 0 Å². The van der Waals surface area contributed by atoms with Gasteiger partial charge >= 0.3 is 6.03 Å². The lowest BCUT2D eigenvalue weighted by molar-refractivity contribution is 0.134. The van der Waals surface area contributed by atoms with E-state index < -0.39 is 0 Å². The lowest BCUT2D eigenvalue weighted by atomic mass is 10.3. The number of nitrogen functional groups attached to an aromatic ring is 1. The highest BCUT2D eigenvalue weighted by molar-refractivity contribution is 5.89. The van der Waals surface area contributed by atoms with Gasteiger partial charge in [-0.25, -0.2) is 4.79 Å². The third kappa shape index (κ3) is 6.10. The van der Waals surface area contributed by atoms with Crippen LogP contribution in [0.3, 0.4) is 0 Å². The van der Waals surface area contributed by atoms with Gasteiger partial charge in [0.2, 0.25) is 0 Å². The Hall–Kier alpha value is -1.75. The molecule has 4 N–H and O–H groups in total. The number of rotatable bonds is 7. The number of carbonyl (C=O) groups is 1. The van der Waals surface area contributed by atoms with Gasteiger partial charge in [0.05, 0.1) is 6.61 Å². The minimum Gasteiger partial charge on any atom is -0.399 e. The molecular weight excluding hydrogens is 230 g/mol. The second kappa shape index (κ2) is 8.36. The summed E-state index contributed by atoms with van der Waals surface area (Å²) in [7, 11) is 0. The summed E-state index contributed by atoms with van der Waals surface area (Å²) in [5, 5.41) is 5.41. The number of urea groups is 1. The van der Waals surface area contributed by atoms with E-state index in [0.717, 1.165) is 19.4 Å². The van der Waals surface area contributed by atoms with Crippen LogP contribution in [0.15, 0.2) is 24.3 Å². The molecule has 0 fully saturated rings. The number of ether oxygens (including phenoxy) is 1. The molecule has 0 aliphatic carbocycles. The Morgan fingerprint density at radius 2 is 2.22 bits per heavy atom. The average molecular weight is 251 g/mol. The number of amides is 2. The molecule has 18 heavy (non-hydrogen) atoms. The van der Waals surface area contributed by atoms with Crippen LogP contribution in [0.5, 0.6) is 0 Å². The Bertz CT molecular complexity index is 369. The summed E-state index contributed by atoms with van der Waals surface area (Å²) in [6, 6.07) is 6.80. The maximum atomic E-state index is 11.5. The minimum atomic E-state index is -0.250. The molecule has 0 bridgehead atoms. The van der Waals surface area contributed by atoms with Crippen LogP contribution in [0.1, 0.15) is 19.8 Å². The number of anilines is 2. The first kappa shape index (κ1) is 14.3. The maximum Gasteiger partial charge on any atom is 0.319 e. The van der Waals surface area contributed by atoms with Crippen LogP contribution >= 0.6 is 0 Å². The van der Waals surface area contributed by atoms with Gasteiger partial charge in [0, 0.05) is 24.5 Å². The Labute approximate surface area is 108 Å². The third-order valence-corrected chi connectivity index (χ3v) is 2.32. The molecule has 0 aliphatic rings. The van der Waals surface area contributed by atoms with Gasteiger partial charge < -0.3 is 21.1 Å². The van der Waals surface area contributed by atoms with Gasteiger partial charge in [0.1, 0.15) is 0 Å². The lowest BCUT2D eigenvalue weighted by Crippen LogP contribution is -2.31. The number of benzene rings is 1. The summed E-state index contributed by atoms with van der Waals surface area (Å²) < 4.78 is 5.33. The molecule has 0 aliphatic heterocycles. The zero-order chi connectivity index (χ0) is 13.2. The summed E-state index contributed by atoms with van der Waals surface area (Å²) in [5.41, 5.74) is 6.91. The summed E-state index contributed by atoms with van der Waals surface area (Å²) >= 11 is 0. The van der Waals surface area contributed by atoms with Crippen LogP contribution < -0.4 is 16.4 Å². The van der Waals surface area contributed by atoms with Crippen LogP contribution in [0.2, 0.25) is 0 Å². The third-order valence-electron chi connectivity index (χ3n) is 2.32. The maximum absolute atomic E-state index is 11.5. The number of nitrogens with two attached hydrogens (primary N) is 1. The summed E-state index contributed by atoms with van der Waals surface area (Å²) in [4.78, 5) is 11.5. The zero-order valence-corrected chi connectivity index (χ0v) is 10.7. The molecular formula is C13H21N3O2. The lowest BCUT2D eigenvalue weighted by Gasteiger charge is -2.08. The van der Waals surface area contributed by atoms with E-state index in [-0.39, 0.29) is 6.03 Å². The summed E-state index contributed by atoms with van der Waals surface area (Å²) in [6.07, 6.45) is 2.17. The van der Waals surface area contributed by atoms with Crippen molar-refractivity contribution in [3.05, 3.63) is 24.3 Å². The molecule has 5 nitrogen and oxygen atoms in total. The van der Waals surface area contributed by atoms with E-state index >= 15 is 0 Å². The predicted octanol–water partition coefficient (Wildman–Crippen LogP) is 2.21. The van der Waals surface area contributed by atoms with Crippen molar-refractivity contribution in [1.82, 2.24) is 5.32 Å². The summed E-state index contributed by atoms with van der Waals surface area (Å²) in [6.45, 7) is 3.89. The molecule has 0 radical (unpaired) electrons. The highest BCUT2D eigenvalue weighted by Gasteiger charge is 2.00. The van der Waals surface area contributed by atoms with Crippen molar-refractivity contribution in [2.75, 3.05) is 30.8 Å². The number of hydrogen-bond donors (Lipinski definition) is 3. The van der Waals surface area contributed by atoms with Gasteiger partial charge in [0.15, 0.2) is 0 Å². The molecule has 1 aromatic rings. The fourth-order valence-electron chi connectivity index (χ4n) is 1.38. The first-order valence-corrected chi connectivity index (χ1v) is 6.20. The largest absolute Gasteiger partial charge is 0.399 e. The van der Waals surface area contributed by atoms with Crippen LogP contribution in [0, 0.1) is 0 Å². The quantitative estimate of drug-likeness (QED) is 0.513. The molecule has 0 heterocycles. The zero-order valence-electron chi connectivity index (χ0n) is 10.7. The van der Waals surface area contributed by atoms with Crippen molar-refractivity contribution < 1.29 is 9.53 Å². The van der Waals surface area contributed by atoms with E-state index in [1.165, 1.54) is 0 Å². The number of nitrogens with one attached hydrogen (secondary N) is 2. The fraction of sp³-hybridized carbons (Fsp3) is 0.462. The van der Waals surface area contributed by atoms with E-state index in [2.05, 4.69) is 17.6 Å². The van der Waals surface area contributed by atoms with Gasteiger partial charge in [0.25, 0.3) is 0 Å². The van der Waals surface area contributed by atoms with Crippen molar-refractivity contribution >= 4 is 17.4 Å². The van der Waals surface area contributed by atoms with Crippen LogP contribution in [-0.4, -0.2) is 25.8 Å². The number of hydrogen-bond acceptors (Lipinski definition) is 3. The number of unbranched alkanes of at least 4 members (excludes halogenated alkanes) is 1. The van der Waals surface area contributed by atoms with Gasteiger partial charge in [-0.15, -0.1) is 0 Å². The average Bonchev–Trinajstić information content (AvgIpc) is 2.33. The van der Waals surface area contributed by atoms with Crippen molar-refractivity contribution in [2.45, 2.75) is 19.8 Å². The predicted molar refractivity (Wildman–Crippen MR) is 73.6 cm³/mol. The Morgan fingerprint density at radius 1 is 1.39 bits per heavy atom. The van der Waals surface area contributed by atoms with E-state index in [0.29, 0.717) is 24.5 Å². The monoisotopic (exact) mass is 251 g/mol. The van der Waals surface area contributed by atoms with E-state index in [4.69, 9.17) is 10.5 Å². The van der Waals surface area contributed by atoms with E-state index in [9.17, 15) is 4.79 Å². The Morgan fingerprint density at radius 3 is 2.94 bits per heavy atom. The second-order valence-electron chi connectivity index (χ2n) is 3.97. The molecule has 0 aromatic heterocycles. The highest BCUT2D eigenvalue weighted by atomic mass is 16.5. The molecule has 0 saturated heterocycles. The SMILES string of the molecule is CCCCOCCNC(=O)Nc1cccc(N)c1. The normalized spacial score (nSPS) is 10.1. The molecule has 2 amide bonds. The van der Waals surface area contributed by atoms with Crippen LogP contribution in [-0.2, 0) is 4.74 Å². The smallest absolute Gasteiger partial charge is 0.319 e. The van der Waals surface area contributed by atoms with Crippen LogP contribution in [0.4, 0.5) is 16.2 Å². The van der Waals surface area contributed by atoms with Crippen molar-refractivity contribution in [3.63, 3.8) is 0 Å². The Kier molecular flexibility index (Phi) is 6.64. The first-order valence-electron chi connectivity index (χ1n) is 6.20. The van der Waals surface area contributed by atoms with E-state index in [1.54, 1.807) is 24.3 Å². The number of carbonyl (C=O) groups excluding carboxylic acids is 1. The minimum absolute atomic E-state index is 0.250. The first-order chi connectivity index (χ1) is 8.72. The molecule has 0 saturated carbocycles. The van der Waals surface area contributed by atoms with Gasteiger partial charge in [-0.05, 0) is 24.6 Å². The fourth-order valence-corrected chi connectivity index (χ4v) is 1.38. The highest BCUT2D eigenvalue weighted by Crippen LogP contribution is 2.11. The molecule has 1 aromatic carbocycles. The topological polar surface area (TPSA) is 76.4 Å². The molecule has 1 rings (SSSR count). The van der Waals surface area contributed by atoms with Crippen molar-refractivity contribution in [3.8, 4) is 0 Å². The molecule has 0 atom stereocenters. The van der Waals surface area contributed by atoms with Crippen LogP contribution in [0.25, 0.3) is 0 Å². The summed E-state index contributed by atoms with van der Waals surface area (Å²) in [5.74, 6) is 0. The van der Waals surface area contributed by atoms with Crippen molar-refractivity contribution in [2.24, 2.45) is 0 Å². The molecule has 0 unspecified atom stereocenters. The van der Waals surface area contributed by atoms with Gasteiger partial charge in [-0.1, -0.05) is 19.4 Å². The standard InChI is InChI=1S/C13H21N3O2/c1-2-3-8-18-9-7-15-13(17)16-12-6-4-5-11(14)10-12/h4-6,10H,2-3,7-9,14H2,1H3,(H2,15,16,17). The second-order valence-corrected chi connectivity index (χ2v) is 3.97.